The number of hydrogen-bond acceptors (Lipinski definition) is 7. The number of amides is 2. The summed E-state index contributed by atoms with van der Waals surface area (Å²) in [5.74, 6) is -1.15. The number of alkyl carbamates (subject to hydrolysis) is 1. The van der Waals surface area contributed by atoms with Gasteiger partial charge in [-0.05, 0) is 30.9 Å². The maximum absolute atomic E-state index is 13.5. The van der Waals surface area contributed by atoms with E-state index in [4.69, 9.17) is 13.9 Å². The van der Waals surface area contributed by atoms with Crippen LogP contribution in [0.2, 0.25) is 0 Å². The Balaban J connectivity index is 1.45. The van der Waals surface area contributed by atoms with Crippen molar-refractivity contribution in [2.24, 2.45) is 5.92 Å². The number of carbonyl (C=O) groups is 3. The van der Waals surface area contributed by atoms with Gasteiger partial charge < -0.3 is 24.1 Å². The first kappa shape index (κ1) is 26.1. The van der Waals surface area contributed by atoms with Crippen LogP contribution in [0, 0.1) is 11.7 Å². The second-order valence-corrected chi connectivity index (χ2v) is 9.55. The lowest BCUT2D eigenvalue weighted by molar-refractivity contribution is -0.145. The van der Waals surface area contributed by atoms with Crippen molar-refractivity contribution in [3.8, 4) is 0 Å². The largest absolute Gasteiger partial charge is 0.436 e. The van der Waals surface area contributed by atoms with E-state index in [0.29, 0.717) is 57.0 Å². The van der Waals surface area contributed by atoms with Gasteiger partial charge in [0.15, 0.2) is 11.7 Å². The van der Waals surface area contributed by atoms with Crippen LogP contribution in [0.5, 0.6) is 0 Å². The zero-order valence-electron chi connectivity index (χ0n) is 20.7. The van der Waals surface area contributed by atoms with E-state index in [-0.39, 0.29) is 17.4 Å². The molecule has 1 aliphatic carbocycles. The quantitative estimate of drug-likeness (QED) is 0.510. The number of nitrogens with zero attached hydrogens (tertiary/aromatic N) is 2. The molecule has 2 aromatic rings. The average Bonchev–Trinajstić information content (AvgIpc) is 3.31. The van der Waals surface area contributed by atoms with Crippen molar-refractivity contribution in [1.82, 2.24) is 15.2 Å². The van der Waals surface area contributed by atoms with Crippen molar-refractivity contribution in [2.45, 2.75) is 70.4 Å². The number of aromatic nitrogens is 1. The lowest BCUT2D eigenvalue weighted by atomic mass is 9.85. The number of oxazole rings is 1. The van der Waals surface area contributed by atoms with Crippen LogP contribution < -0.4 is 5.32 Å². The molecule has 1 aromatic heterocycles. The molecule has 4 rings (SSSR count). The normalized spacial score (nSPS) is 18.6. The number of benzene rings is 1. The predicted molar refractivity (Wildman–Crippen MR) is 129 cm³/mol. The van der Waals surface area contributed by atoms with Crippen LogP contribution in [0.1, 0.15) is 69.0 Å². The monoisotopic (exact) mass is 503 g/mol. The summed E-state index contributed by atoms with van der Waals surface area (Å²) in [7, 11) is 0. The minimum Gasteiger partial charge on any atom is -0.436 e. The average molecular weight is 504 g/mol. The van der Waals surface area contributed by atoms with Gasteiger partial charge in [0.05, 0.1) is 13.2 Å². The number of hydrogen-bond donors (Lipinski definition) is 1. The SMILES string of the molecule is CCC[C@H](NC(=O)O[C@@H](CC1CCCCC1)C(=O)N1CCOCC1)C(=O)c1nc2ccc(F)cc2o1. The molecule has 1 N–H and O–H groups in total. The van der Waals surface area contributed by atoms with E-state index >= 15 is 0 Å². The van der Waals surface area contributed by atoms with Crippen molar-refractivity contribution in [2.75, 3.05) is 26.3 Å². The van der Waals surface area contributed by atoms with Crippen LogP contribution in [0.25, 0.3) is 11.1 Å². The molecular formula is C26H34FN3O6. The molecule has 2 fully saturated rings. The third-order valence-electron chi connectivity index (χ3n) is 6.87. The fourth-order valence-electron chi connectivity index (χ4n) is 4.93. The van der Waals surface area contributed by atoms with E-state index in [9.17, 15) is 18.8 Å². The van der Waals surface area contributed by atoms with Gasteiger partial charge in [0.25, 0.3) is 11.8 Å². The Morgan fingerprint density at radius 1 is 1.19 bits per heavy atom. The molecule has 0 radical (unpaired) electrons. The molecule has 0 spiro atoms. The van der Waals surface area contributed by atoms with Gasteiger partial charge in [-0.15, -0.1) is 0 Å². The van der Waals surface area contributed by atoms with Crippen molar-refractivity contribution in [1.29, 1.82) is 0 Å². The van der Waals surface area contributed by atoms with Gasteiger partial charge in [-0.3, -0.25) is 9.59 Å². The summed E-state index contributed by atoms with van der Waals surface area (Å²) < 4.78 is 30.0. The molecule has 2 atom stereocenters. The fourth-order valence-corrected chi connectivity index (χ4v) is 4.93. The maximum Gasteiger partial charge on any atom is 0.408 e. The van der Waals surface area contributed by atoms with E-state index in [1.54, 1.807) is 4.90 Å². The van der Waals surface area contributed by atoms with E-state index in [2.05, 4.69) is 10.3 Å². The maximum atomic E-state index is 13.5. The highest BCUT2D eigenvalue weighted by Gasteiger charge is 2.33. The van der Waals surface area contributed by atoms with E-state index in [0.717, 1.165) is 31.7 Å². The molecule has 9 nitrogen and oxygen atoms in total. The van der Waals surface area contributed by atoms with Gasteiger partial charge in [-0.1, -0.05) is 45.4 Å². The molecule has 1 saturated heterocycles. The molecular weight excluding hydrogens is 469 g/mol. The summed E-state index contributed by atoms with van der Waals surface area (Å²) in [6, 6.07) is 2.86. The standard InChI is InChI=1S/C26H34FN3O6/c1-2-6-20(23(31)24-28-19-10-9-18(27)16-21(19)35-24)29-26(33)36-22(15-17-7-4-3-5-8-17)25(32)30-11-13-34-14-12-30/h9-10,16-17,20,22H,2-8,11-15H2,1H3,(H,29,33)/t20-,22-/m0/s1. The highest BCUT2D eigenvalue weighted by molar-refractivity contribution is 5.99. The summed E-state index contributed by atoms with van der Waals surface area (Å²) in [5, 5.41) is 2.62. The van der Waals surface area contributed by atoms with Crippen LogP contribution in [-0.4, -0.2) is 66.1 Å². The molecule has 1 saturated carbocycles. The second-order valence-electron chi connectivity index (χ2n) is 9.55. The van der Waals surface area contributed by atoms with Crippen LogP contribution >= 0.6 is 0 Å². The summed E-state index contributed by atoms with van der Waals surface area (Å²) in [6.07, 6.45) is 5.06. The van der Waals surface area contributed by atoms with Crippen molar-refractivity contribution in [3.05, 3.63) is 29.9 Å². The molecule has 0 bridgehead atoms. The smallest absolute Gasteiger partial charge is 0.408 e. The number of rotatable bonds is 9. The zero-order chi connectivity index (χ0) is 25.5. The summed E-state index contributed by atoms with van der Waals surface area (Å²) in [5.41, 5.74) is 0.501. The highest BCUT2D eigenvalue weighted by Crippen LogP contribution is 2.29. The van der Waals surface area contributed by atoms with Gasteiger partial charge in [0.2, 0.25) is 5.78 Å². The molecule has 196 valence electrons. The van der Waals surface area contributed by atoms with Crippen LogP contribution in [0.3, 0.4) is 0 Å². The van der Waals surface area contributed by atoms with Crippen molar-refractivity contribution >= 4 is 28.9 Å². The number of morpholine rings is 1. The fraction of sp³-hybridized carbons (Fsp3) is 0.615. The highest BCUT2D eigenvalue weighted by atomic mass is 19.1. The van der Waals surface area contributed by atoms with E-state index < -0.39 is 29.8 Å². The molecule has 2 aliphatic rings. The molecule has 0 unspecified atom stereocenters. The third kappa shape index (κ3) is 6.60. The first-order valence-electron chi connectivity index (χ1n) is 12.9. The van der Waals surface area contributed by atoms with Crippen molar-refractivity contribution in [3.63, 3.8) is 0 Å². The van der Waals surface area contributed by atoms with Crippen molar-refractivity contribution < 1.29 is 32.7 Å². The number of ether oxygens (including phenoxy) is 2. The van der Waals surface area contributed by atoms with E-state index in [1.165, 1.54) is 18.6 Å². The Morgan fingerprint density at radius 3 is 2.67 bits per heavy atom. The van der Waals surface area contributed by atoms with Gasteiger partial charge in [-0.25, -0.2) is 14.2 Å². The van der Waals surface area contributed by atoms with Gasteiger partial charge in [0.1, 0.15) is 17.4 Å². The summed E-state index contributed by atoms with van der Waals surface area (Å²) in [4.78, 5) is 45.1. The molecule has 10 heteroatoms. The van der Waals surface area contributed by atoms with E-state index in [1.807, 2.05) is 6.92 Å². The van der Waals surface area contributed by atoms with Crippen LogP contribution in [-0.2, 0) is 14.3 Å². The molecule has 36 heavy (non-hydrogen) atoms. The first-order valence-corrected chi connectivity index (χ1v) is 12.9. The number of halogens is 1. The topological polar surface area (TPSA) is 111 Å². The zero-order valence-corrected chi connectivity index (χ0v) is 20.7. The second kappa shape index (κ2) is 12.3. The molecule has 1 aliphatic heterocycles. The minimum absolute atomic E-state index is 0.153. The van der Waals surface area contributed by atoms with Crippen LogP contribution in [0.4, 0.5) is 9.18 Å². The Bertz CT molecular complexity index is 1060. The third-order valence-corrected chi connectivity index (χ3v) is 6.87. The summed E-state index contributed by atoms with van der Waals surface area (Å²) in [6.45, 7) is 3.70. The lowest BCUT2D eigenvalue weighted by Gasteiger charge is -2.32. The first-order chi connectivity index (χ1) is 17.4. The van der Waals surface area contributed by atoms with Gasteiger partial charge in [-0.2, -0.15) is 0 Å². The predicted octanol–water partition coefficient (Wildman–Crippen LogP) is 4.24. The number of fused-ring (bicyclic) bond motifs is 1. The molecule has 2 amide bonds. The number of ketones is 1. The molecule has 1 aromatic carbocycles. The van der Waals surface area contributed by atoms with Crippen LogP contribution in [0.15, 0.2) is 22.6 Å². The Hall–Kier alpha value is -3.01. The number of Topliss-reactive ketones (excluding diaryl/α,β-unsaturated/α-hetero) is 1. The van der Waals surface area contributed by atoms with Gasteiger partial charge >= 0.3 is 6.09 Å². The van der Waals surface area contributed by atoms with Gasteiger partial charge in [0, 0.05) is 19.2 Å². The lowest BCUT2D eigenvalue weighted by Crippen LogP contribution is -2.49. The minimum atomic E-state index is -0.950. The summed E-state index contributed by atoms with van der Waals surface area (Å²) >= 11 is 0. The Morgan fingerprint density at radius 2 is 1.94 bits per heavy atom. The number of carbonyl (C=O) groups excluding carboxylic acids is 3. The molecule has 2 heterocycles. The Kier molecular flexibility index (Phi) is 8.90. The number of nitrogens with one attached hydrogen (secondary N) is 1. The Labute approximate surface area is 209 Å².